The van der Waals surface area contributed by atoms with Crippen LogP contribution in [0.15, 0.2) is 16.5 Å². The minimum Gasteiger partial charge on any atom is -0.463 e. The smallest absolute Gasteiger partial charge is 0.373 e. The summed E-state index contributed by atoms with van der Waals surface area (Å²) in [4.78, 5) is 11.2. The number of furan rings is 1. The molecular weight excluding hydrogens is 234 g/mol. The van der Waals surface area contributed by atoms with E-state index in [1.807, 2.05) is 0 Å². The number of esters is 1. The summed E-state index contributed by atoms with van der Waals surface area (Å²) in [5.41, 5.74) is 0. The van der Waals surface area contributed by atoms with Crippen LogP contribution in [0.2, 0.25) is 0 Å². The molecule has 0 amide bonds. The molecule has 1 aromatic rings. The minimum atomic E-state index is -0.464. The van der Waals surface area contributed by atoms with Crippen molar-refractivity contribution < 1.29 is 19.1 Å². The first-order valence-electron chi connectivity index (χ1n) is 6.27. The van der Waals surface area contributed by atoms with E-state index in [1.54, 1.807) is 12.1 Å². The number of aliphatic hydroxyl groups is 1. The molecule has 2 N–H and O–H groups in total. The van der Waals surface area contributed by atoms with Crippen LogP contribution in [0, 0.1) is 0 Å². The second-order valence-corrected chi connectivity index (χ2v) is 4.66. The summed E-state index contributed by atoms with van der Waals surface area (Å²) >= 11 is 0. The van der Waals surface area contributed by atoms with Gasteiger partial charge in [0, 0.05) is 6.04 Å². The Morgan fingerprint density at radius 1 is 1.56 bits per heavy atom. The van der Waals surface area contributed by atoms with Gasteiger partial charge in [-0.15, -0.1) is 0 Å². The van der Waals surface area contributed by atoms with Gasteiger partial charge in [0.1, 0.15) is 5.76 Å². The summed E-state index contributed by atoms with van der Waals surface area (Å²) in [6.07, 6.45) is 3.60. The average molecular weight is 253 g/mol. The third-order valence-electron chi connectivity index (χ3n) is 3.26. The molecule has 0 aromatic carbocycles. The second-order valence-electron chi connectivity index (χ2n) is 4.66. The molecule has 5 nitrogen and oxygen atoms in total. The van der Waals surface area contributed by atoms with Crippen LogP contribution in [0.4, 0.5) is 0 Å². The van der Waals surface area contributed by atoms with Crippen molar-refractivity contribution in [3.05, 3.63) is 23.7 Å². The lowest BCUT2D eigenvalue weighted by Gasteiger charge is -2.26. The van der Waals surface area contributed by atoms with E-state index in [1.165, 1.54) is 7.11 Å². The van der Waals surface area contributed by atoms with Gasteiger partial charge in [-0.05, 0) is 37.8 Å². The van der Waals surface area contributed by atoms with E-state index in [4.69, 9.17) is 4.42 Å². The van der Waals surface area contributed by atoms with Gasteiger partial charge >= 0.3 is 5.97 Å². The van der Waals surface area contributed by atoms with E-state index in [2.05, 4.69) is 10.1 Å². The molecule has 0 bridgehead atoms. The molecule has 1 saturated carbocycles. The fourth-order valence-corrected chi connectivity index (χ4v) is 2.28. The number of ether oxygens (including phenoxy) is 1. The fourth-order valence-electron chi connectivity index (χ4n) is 2.28. The maximum atomic E-state index is 11.2. The predicted octanol–water partition coefficient (Wildman–Crippen LogP) is 1.46. The zero-order valence-electron chi connectivity index (χ0n) is 10.5. The highest BCUT2D eigenvalue weighted by atomic mass is 16.5. The van der Waals surface area contributed by atoms with Gasteiger partial charge in [-0.2, -0.15) is 0 Å². The lowest BCUT2D eigenvalue weighted by molar-refractivity contribution is 0.0562. The fraction of sp³-hybridized carbons (Fsp3) is 0.615. The quantitative estimate of drug-likeness (QED) is 0.795. The SMILES string of the molecule is COC(=O)c1ccc(CNC2CCCC(O)C2)o1. The van der Waals surface area contributed by atoms with Gasteiger partial charge in [-0.25, -0.2) is 4.79 Å². The molecule has 0 radical (unpaired) electrons. The summed E-state index contributed by atoms with van der Waals surface area (Å²) in [6, 6.07) is 3.69. The van der Waals surface area contributed by atoms with E-state index < -0.39 is 5.97 Å². The van der Waals surface area contributed by atoms with E-state index in [9.17, 15) is 9.90 Å². The molecule has 1 aliphatic rings. The van der Waals surface area contributed by atoms with Crippen LogP contribution in [0.1, 0.15) is 42.0 Å². The van der Waals surface area contributed by atoms with E-state index in [0.717, 1.165) is 25.7 Å². The van der Waals surface area contributed by atoms with Crippen molar-refractivity contribution in [1.82, 2.24) is 5.32 Å². The minimum absolute atomic E-state index is 0.196. The topological polar surface area (TPSA) is 71.7 Å². The third-order valence-corrected chi connectivity index (χ3v) is 3.26. The number of hydrogen-bond acceptors (Lipinski definition) is 5. The van der Waals surface area contributed by atoms with Crippen LogP contribution < -0.4 is 5.32 Å². The molecule has 1 fully saturated rings. The van der Waals surface area contributed by atoms with Crippen LogP contribution in [0.25, 0.3) is 0 Å². The van der Waals surface area contributed by atoms with Gasteiger partial charge in [0.05, 0.1) is 19.8 Å². The monoisotopic (exact) mass is 253 g/mol. The highest BCUT2D eigenvalue weighted by Crippen LogP contribution is 2.19. The summed E-state index contributed by atoms with van der Waals surface area (Å²) in [6.45, 7) is 0.564. The molecule has 2 unspecified atom stereocenters. The Bertz CT molecular complexity index is 401. The van der Waals surface area contributed by atoms with Gasteiger partial charge < -0.3 is 19.6 Å². The van der Waals surface area contributed by atoms with Gasteiger partial charge in [0.2, 0.25) is 5.76 Å². The molecule has 2 atom stereocenters. The highest BCUT2D eigenvalue weighted by Gasteiger charge is 2.20. The van der Waals surface area contributed by atoms with Crippen LogP contribution in [0.5, 0.6) is 0 Å². The molecule has 1 aromatic heterocycles. The number of hydrogen-bond donors (Lipinski definition) is 2. The van der Waals surface area contributed by atoms with Crippen LogP contribution >= 0.6 is 0 Å². The summed E-state index contributed by atoms with van der Waals surface area (Å²) in [5, 5.41) is 12.9. The van der Waals surface area contributed by atoms with Crippen molar-refractivity contribution in [2.24, 2.45) is 0 Å². The van der Waals surface area contributed by atoms with Gasteiger partial charge in [0.15, 0.2) is 0 Å². The van der Waals surface area contributed by atoms with Crippen molar-refractivity contribution in [2.45, 2.75) is 44.4 Å². The Morgan fingerprint density at radius 2 is 2.39 bits per heavy atom. The van der Waals surface area contributed by atoms with Crippen LogP contribution in [-0.2, 0) is 11.3 Å². The molecule has 0 spiro atoms. The van der Waals surface area contributed by atoms with Crippen molar-refractivity contribution in [3.8, 4) is 0 Å². The van der Waals surface area contributed by atoms with Crippen LogP contribution in [-0.4, -0.2) is 30.3 Å². The number of carbonyl (C=O) groups is 1. The summed E-state index contributed by atoms with van der Waals surface area (Å²) in [7, 11) is 1.33. The van der Waals surface area contributed by atoms with Crippen molar-refractivity contribution in [1.29, 1.82) is 0 Å². The van der Waals surface area contributed by atoms with Crippen molar-refractivity contribution in [3.63, 3.8) is 0 Å². The Labute approximate surface area is 106 Å². The third kappa shape index (κ3) is 3.34. The molecule has 100 valence electrons. The Kier molecular flexibility index (Phi) is 4.38. The number of aliphatic hydroxyl groups excluding tert-OH is 1. The van der Waals surface area contributed by atoms with E-state index in [0.29, 0.717) is 18.3 Å². The Hall–Kier alpha value is -1.33. The lowest BCUT2D eigenvalue weighted by Crippen LogP contribution is -2.35. The average Bonchev–Trinajstić information content (AvgIpc) is 2.84. The van der Waals surface area contributed by atoms with Crippen molar-refractivity contribution in [2.75, 3.05) is 7.11 Å². The van der Waals surface area contributed by atoms with Gasteiger partial charge in [-0.3, -0.25) is 0 Å². The molecule has 1 aliphatic carbocycles. The molecule has 18 heavy (non-hydrogen) atoms. The number of nitrogens with one attached hydrogen (secondary N) is 1. The molecule has 0 aliphatic heterocycles. The normalized spacial score (nSPS) is 23.9. The van der Waals surface area contributed by atoms with Crippen LogP contribution in [0.3, 0.4) is 0 Å². The molecular formula is C13H19NO4. The van der Waals surface area contributed by atoms with Gasteiger partial charge in [0.25, 0.3) is 0 Å². The predicted molar refractivity (Wildman–Crippen MR) is 65.2 cm³/mol. The maximum absolute atomic E-state index is 11.2. The van der Waals surface area contributed by atoms with Crippen molar-refractivity contribution >= 4 is 5.97 Å². The van der Waals surface area contributed by atoms with Gasteiger partial charge in [-0.1, -0.05) is 0 Å². The zero-order valence-corrected chi connectivity index (χ0v) is 10.5. The maximum Gasteiger partial charge on any atom is 0.373 e. The van der Waals surface area contributed by atoms with E-state index in [-0.39, 0.29) is 11.9 Å². The summed E-state index contributed by atoms with van der Waals surface area (Å²) < 4.78 is 9.93. The first kappa shape index (κ1) is 13.1. The lowest BCUT2D eigenvalue weighted by atomic mass is 9.93. The largest absolute Gasteiger partial charge is 0.463 e. The first-order valence-corrected chi connectivity index (χ1v) is 6.27. The number of rotatable bonds is 4. The first-order chi connectivity index (χ1) is 8.69. The number of methoxy groups -OCH3 is 1. The molecule has 0 saturated heterocycles. The second kappa shape index (κ2) is 6.02. The molecule has 1 heterocycles. The Balaban J connectivity index is 1.82. The standard InChI is InChI=1S/C13H19NO4/c1-17-13(16)12-6-5-11(18-12)8-14-9-3-2-4-10(15)7-9/h5-6,9-10,14-15H,2-4,7-8H2,1H3. The highest BCUT2D eigenvalue weighted by molar-refractivity contribution is 5.86. The Morgan fingerprint density at radius 3 is 3.11 bits per heavy atom. The molecule has 5 heteroatoms. The summed E-state index contributed by atoms with van der Waals surface area (Å²) in [5.74, 6) is 0.461. The van der Waals surface area contributed by atoms with E-state index >= 15 is 0 Å². The number of carbonyl (C=O) groups excluding carboxylic acids is 1. The molecule has 2 rings (SSSR count). The zero-order chi connectivity index (χ0) is 13.0.